The fourth-order valence-electron chi connectivity index (χ4n) is 4.23. The summed E-state index contributed by atoms with van der Waals surface area (Å²) in [5, 5.41) is 3.37. The Bertz CT molecular complexity index is 745. The molecule has 2 fully saturated rings. The van der Waals surface area contributed by atoms with Crippen molar-refractivity contribution in [3.63, 3.8) is 0 Å². The molecule has 1 amide bonds. The first-order chi connectivity index (χ1) is 12.8. The Labute approximate surface area is 154 Å². The third kappa shape index (κ3) is 3.40. The maximum atomic E-state index is 13.0. The maximum absolute atomic E-state index is 13.0. The molecule has 26 heavy (non-hydrogen) atoms. The Hall–Kier alpha value is -2.15. The Morgan fingerprint density at radius 2 is 2.12 bits per heavy atom. The van der Waals surface area contributed by atoms with Crippen LogP contribution in [0.3, 0.4) is 0 Å². The summed E-state index contributed by atoms with van der Waals surface area (Å²) in [6.45, 7) is 5.72. The third-order valence-electron chi connectivity index (χ3n) is 5.69. The number of aromatic amines is 1. The molecule has 2 aliphatic heterocycles. The van der Waals surface area contributed by atoms with Crippen LogP contribution < -0.4 is 5.32 Å². The molecule has 0 spiro atoms. The second-order valence-corrected chi connectivity index (χ2v) is 7.36. The van der Waals surface area contributed by atoms with Crippen LogP contribution in [0, 0.1) is 0 Å². The quantitative estimate of drug-likeness (QED) is 0.879. The SMILES string of the molecule is CCc1nccn1C1CCCN(C(=O)c2cnc(C3CCNCC3)[nH]2)C1. The van der Waals surface area contributed by atoms with Crippen LogP contribution in [-0.4, -0.2) is 56.5 Å². The predicted octanol–water partition coefficient (Wildman–Crippen LogP) is 2.11. The molecule has 2 aliphatic rings. The molecule has 0 aliphatic carbocycles. The number of H-pyrrole nitrogens is 1. The molecule has 0 aromatic carbocycles. The Morgan fingerprint density at radius 1 is 1.27 bits per heavy atom. The molecule has 2 aromatic heterocycles. The lowest BCUT2D eigenvalue weighted by Crippen LogP contribution is -2.41. The molecule has 1 unspecified atom stereocenters. The number of nitrogens with one attached hydrogen (secondary N) is 2. The lowest BCUT2D eigenvalue weighted by Gasteiger charge is -2.33. The summed E-state index contributed by atoms with van der Waals surface area (Å²) in [6, 6.07) is 0.317. The lowest BCUT2D eigenvalue weighted by atomic mass is 9.98. The van der Waals surface area contributed by atoms with E-state index in [9.17, 15) is 4.79 Å². The third-order valence-corrected chi connectivity index (χ3v) is 5.69. The highest BCUT2D eigenvalue weighted by Crippen LogP contribution is 2.26. The minimum absolute atomic E-state index is 0.0700. The van der Waals surface area contributed by atoms with Crippen molar-refractivity contribution >= 4 is 5.91 Å². The number of piperidine rings is 2. The second-order valence-electron chi connectivity index (χ2n) is 7.36. The van der Waals surface area contributed by atoms with Crippen molar-refractivity contribution in [3.8, 4) is 0 Å². The van der Waals surface area contributed by atoms with Gasteiger partial charge in [-0.05, 0) is 38.8 Å². The van der Waals surface area contributed by atoms with E-state index in [0.29, 0.717) is 17.7 Å². The standard InChI is InChI=1S/C19H28N6O/c1-2-17-21-9-11-25(17)15-4-3-10-24(13-15)19(26)16-12-22-18(23-16)14-5-7-20-8-6-14/h9,11-12,14-15,20H,2-8,10,13H2,1H3,(H,22,23). The van der Waals surface area contributed by atoms with Gasteiger partial charge in [-0.1, -0.05) is 6.92 Å². The Balaban J connectivity index is 1.45. The molecule has 7 heteroatoms. The van der Waals surface area contributed by atoms with Crippen molar-refractivity contribution in [1.29, 1.82) is 0 Å². The van der Waals surface area contributed by atoms with Crippen LogP contribution in [0.4, 0.5) is 0 Å². The van der Waals surface area contributed by atoms with E-state index < -0.39 is 0 Å². The summed E-state index contributed by atoms with van der Waals surface area (Å²) in [5.41, 5.74) is 0.625. The summed E-state index contributed by atoms with van der Waals surface area (Å²) < 4.78 is 2.24. The molecular weight excluding hydrogens is 328 g/mol. The monoisotopic (exact) mass is 356 g/mol. The van der Waals surface area contributed by atoms with E-state index >= 15 is 0 Å². The minimum Gasteiger partial charge on any atom is -0.338 e. The predicted molar refractivity (Wildman–Crippen MR) is 99.2 cm³/mol. The summed E-state index contributed by atoms with van der Waals surface area (Å²) in [4.78, 5) is 27.2. The molecule has 4 heterocycles. The molecule has 0 radical (unpaired) electrons. The van der Waals surface area contributed by atoms with Crippen LogP contribution in [0.2, 0.25) is 0 Å². The van der Waals surface area contributed by atoms with Gasteiger partial charge in [0.05, 0.1) is 12.2 Å². The highest BCUT2D eigenvalue weighted by atomic mass is 16.2. The number of rotatable bonds is 4. The van der Waals surface area contributed by atoms with Gasteiger partial charge < -0.3 is 19.8 Å². The van der Waals surface area contributed by atoms with Gasteiger partial charge in [0.2, 0.25) is 0 Å². The van der Waals surface area contributed by atoms with Crippen LogP contribution in [0.1, 0.15) is 66.7 Å². The first kappa shape index (κ1) is 17.3. The molecule has 140 valence electrons. The van der Waals surface area contributed by atoms with Gasteiger partial charge in [-0.2, -0.15) is 0 Å². The zero-order chi connectivity index (χ0) is 17.9. The number of carbonyl (C=O) groups excluding carboxylic acids is 1. The average Bonchev–Trinajstić information content (AvgIpc) is 3.37. The number of hydrogen-bond acceptors (Lipinski definition) is 4. The first-order valence-electron chi connectivity index (χ1n) is 9.83. The molecule has 2 N–H and O–H groups in total. The average molecular weight is 356 g/mol. The Kier molecular flexibility index (Phi) is 5.06. The molecule has 2 aromatic rings. The van der Waals surface area contributed by atoms with Gasteiger partial charge in [-0.3, -0.25) is 4.79 Å². The minimum atomic E-state index is 0.0700. The largest absolute Gasteiger partial charge is 0.338 e. The fraction of sp³-hybridized carbons (Fsp3) is 0.632. The highest BCUT2D eigenvalue weighted by Gasteiger charge is 2.28. The highest BCUT2D eigenvalue weighted by molar-refractivity contribution is 5.92. The van der Waals surface area contributed by atoms with Gasteiger partial charge in [0.15, 0.2) is 0 Å². The smallest absolute Gasteiger partial charge is 0.271 e. The molecule has 1 atom stereocenters. The molecule has 7 nitrogen and oxygen atoms in total. The fourth-order valence-corrected chi connectivity index (χ4v) is 4.23. The second kappa shape index (κ2) is 7.61. The number of hydrogen-bond donors (Lipinski definition) is 2. The topological polar surface area (TPSA) is 78.8 Å². The van der Waals surface area contributed by atoms with Crippen LogP contribution >= 0.6 is 0 Å². The first-order valence-corrected chi connectivity index (χ1v) is 9.83. The number of imidazole rings is 2. The zero-order valence-electron chi connectivity index (χ0n) is 15.4. The van der Waals surface area contributed by atoms with Gasteiger partial charge >= 0.3 is 0 Å². The number of carbonyl (C=O) groups is 1. The number of nitrogens with zero attached hydrogens (tertiary/aromatic N) is 4. The van der Waals surface area contributed by atoms with E-state index in [0.717, 1.165) is 69.9 Å². The van der Waals surface area contributed by atoms with Crippen LogP contribution in [-0.2, 0) is 6.42 Å². The van der Waals surface area contributed by atoms with Crippen LogP contribution in [0.25, 0.3) is 0 Å². The van der Waals surface area contributed by atoms with Crippen molar-refractivity contribution in [2.45, 2.75) is 51.0 Å². The van der Waals surface area contributed by atoms with Gasteiger partial charge in [0, 0.05) is 37.8 Å². The van der Waals surface area contributed by atoms with E-state index in [1.165, 1.54) is 0 Å². The summed E-state index contributed by atoms with van der Waals surface area (Å²) in [5.74, 6) is 2.57. The van der Waals surface area contributed by atoms with Crippen molar-refractivity contribution in [1.82, 2.24) is 29.7 Å². The van der Waals surface area contributed by atoms with Crippen molar-refractivity contribution in [2.24, 2.45) is 0 Å². The van der Waals surface area contributed by atoms with Crippen molar-refractivity contribution in [3.05, 3.63) is 35.9 Å². The zero-order valence-corrected chi connectivity index (χ0v) is 15.4. The van der Waals surface area contributed by atoms with Gasteiger partial charge in [-0.15, -0.1) is 0 Å². The summed E-state index contributed by atoms with van der Waals surface area (Å²) in [6.07, 6.45) is 10.8. The van der Waals surface area contributed by atoms with Gasteiger partial charge in [-0.25, -0.2) is 9.97 Å². The molecule has 2 saturated heterocycles. The summed E-state index contributed by atoms with van der Waals surface area (Å²) >= 11 is 0. The van der Waals surface area contributed by atoms with Gasteiger partial charge in [0.1, 0.15) is 17.3 Å². The number of aromatic nitrogens is 4. The normalized spacial score (nSPS) is 21.9. The van der Waals surface area contributed by atoms with E-state index in [1.807, 2.05) is 17.3 Å². The van der Waals surface area contributed by atoms with Crippen molar-refractivity contribution in [2.75, 3.05) is 26.2 Å². The lowest BCUT2D eigenvalue weighted by molar-refractivity contribution is 0.0672. The molecule has 0 saturated carbocycles. The van der Waals surface area contributed by atoms with Crippen LogP contribution in [0.5, 0.6) is 0 Å². The molecular formula is C19H28N6O. The van der Waals surface area contributed by atoms with Gasteiger partial charge in [0.25, 0.3) is 5.91 Å². The van der Waals surface area contributed by atoms with Crippen molar-refractivity contribution < 1.29 is 4.79 Å². The molecule has 0 bridgehead atoms. The maximum Gasteiger partial charge on any atom is 0.271 e. The van der Waals surface area contributed by atoms with E-state index in [2.05, 4.69) is 31.8 Å². The Morgan fingerprint density at radius 3 is 2.92 bits per heavy atom. The van der Waals surface area contributed by atoms with E-state index in [1.54, 1.807) is 6.20 Å². The molecule has 4 rings (SSSR count). The van der Waals surface area contributed by atoms with Crippen LogP contribution in [0.15, 0.2) is 18.6 Å². The van der Waals surface area contributed by atoms with E-state index in [4.69, 9.17) is 0 Å². The van der Waals surface area contributed by atoms with E-state index in [-0.39, 0.29) is 5.91 Å². The number of likely N-dealkylation sites (tertiary alicyclic amines) is 1. The number of amides is 1. The number of aryl methyl sites for hydroxylation is 1. The summed E-state index contributed by atoms with van der Waals surface area (Å²) in [7, 11) is 0.